The second-order valence-corrected chi connectivity index (χ2v) is 5.00. The van der Waals surface area contributed by atoms with E-state index < -0.39 is 5.79 Å². The largest absolute Gasteiger partial charge is 0.396 e. The number of ether oxygens (including phenoxy) is 2. The van der Waals surface area contributed by atoms with E-state index in [4.69, 9.17) is 14.6 Å². The zero-order chi connectivity index (χ0) is 13.0. The summed E-state index contributed by atoms with van der Waals surface area (Å²) in [5, 5.41) is 12.2. The fraction of sp³-hybridized carbons (Fsp3) is 0.571. The maximum absolute atomic E-state index is 8.84. The minimum atomic E-state index is -0.461. The monoisotopic (exact) mass is 251 g/mol. The molecule has 18 heavy (non-hydrogen) atoms. The topological polar surface area (TPSA) is 50.7 Å². The number of hydrogen-bond acceptors (Lipinski definition) is 4. The van der Waals surface area contributed by atoms with Crippen molar-refractivity contribution in [2.75, 3.05) is 25.1 Å². The van der Waals surface area contributed by atoms with Crippen molar-refractivity contribution in [3.05, 3.63) is 29.8 Å². The van der Waals surface area contributed by atoms with Crippen LogP contribution in [0.15, 0.2) is 24.3 Å². The minimum absolute atomic E-state index is 0.0946. The van der Waals surface area contributed by atoms with Gasteiger partial charge >= 0.3 is 0 Å². The Balaban J connectivity index is 1.80. The Kier molecular flexibility index (Phi) is 4.22. The molecule has 0 radical (unpaired) electrons. The van der Waals surface area contributed by atoms with Gasteiger partial charge in [-0.3, -0.25) is 0 Å². The van der Waals surface area contributed by atoms with Gasteiger partial charge in [0.1, 0.15) is 6.10 Å². The average molecular weight is 251 g/mol. The summed E-state index contributed by atoms with van der Waals surface area (Å²) < 4.78 is 11.2. The second-order valence-electron chi connectivity index (χ2n) is 5.00. The number of hydrogen-bond donors (Lipinski definition) is 2. The SMILES string of the molecule is CC1(C)OC[C@@H](CNc2ccc(CCO)cc2)O1. The van der Waals surface area contributed by atoms with Crippen LogP contribution in [0.5, 0.6) is 0 Å². The normalized spacial score (nSPS) is 22.1. The summed E-state index contributed by atoms with van der Waals surface area (Å²) in [6.45, 7) is 5.41. The molecule has 1 atom stereocenters. The van der Waals surface area contributed by atoms with Gasteiger partial charge in [0.25, 0.3) is 0 Å². The highest BCUT2D eigenvalue weighted by molar-refractivity contribution is 5.44. The molecule has 1 heterocycles. The van der Waals surface area contributed by atoms with E-state index >= 15 is 0 Å². The molecule has 4 nitrogen and oxygen atoms in total. The van der Waals surface area contributed by atoms with Crippen molar-refractivity contribution in [3.8, 4) is 0 Å². The second kappa shape index (κ2) is 5.69. The number of benzene rings is 1. The molecule has 1 saturated heterocycles. The quantitative estimate of drug-likeness (QED) is 0.837. The van der Waals surface area contributed by atoms with Crippen LogP contribution < -0.4 is 5.32 Å². The average Bonchev–Trinajstić information content (AvgIpc) is 2.69. The summed E-state index contributed by atoms with van der Waals surface area (Å²) in [6.07, 6.45) is 0.797. The lowest BCUT2D eigenvalue weighted by atomic mass is 10.1. The van der Waals surface area contributed by atoms with Crippen LogP contribution in [0.1, 0.15) is 19.4 Å². The Morgan fingerprint density at radius 3 is 2.61 bits per heavy atom. The molecule has 0 saturated carbocycles. The molecule has 1 aliphatic heterocycles. The van der Waals surface area contributed by atoms with Gasteiger partial charge in [-0.2, -0.15) is 0 Å². The first-order valence-corrected chi connectivity index (χ1v) is 6.34. The van der Waals surface area contributed by atoms with Crippen molar-refractivity contribution >= 4 is 5.69 Å². The molecule has 100 valence electrons. The lowest BCUT2D eigenvalue weighted by molar-refractivity contribution is -0.136. The van der Waals surface area contributed by atoms with E-state index in [2.05, 4.69) is 5.32 Å². The Morgan fingerprint density at radius 2 is 2.06 bits per heavy atom. The van der Waals surface area contributed by atoms with Crippen molar-refractivity contribution in [3.63, 3.8) is 0 Å². The highest BCUT2D eigenvalue weighted by Gasteiger charge is 2.32. The molecule has 0 spiro atoms. The van der Waals surface area contributed by atoms with Gasteiger partial charge < -0.3 is 19.9 Å². The predicted octanol–water partition coefficient (Wildman–Crippen LogP) is 1.78. The Hall–Kier alpha value is -1.10. The van der Waals surface area contributed by atoms with Gasteiger partial charge in [0.05, 0.1) is 6.61 Å². The van der Waals surface area contributed by atoms with Gasteiger partial charge in [-0.05, 0) is 38.0 Å². The summed E-state index contributed by atoms with van der Waals surface area (Å²) in [5.41, 5.74) is 2.20. The standard InChI is InChI=1S/C14H21NO3/c1-14(2)17-10-13(18-14)9-15-12-5-3-11(4-6-12)7-8-16/h3-6,13,15-16H,7-10H2,1-2H3/t13-/m1/s1. The molecule has 0 aromatic heterocycles. The third-order valence-corrected chi connectivity index (χ3v) is 2.96. The first-order chi connectivity index (χ1) is 8.59. The smallest absolute Gasteiger partial charge is 0.163 e. The molecule has 0 unspecified atom stereocenters. The molecule has 1 aliphatic rings. The first-order valence-electron chi connectivity index (χ1n) is 6.34. The van der Waals surface area contributed by atoms with E-state index in [-0.39, 0.29) is 12.7 Å². The third-order valence-electron chi connectivity index (χ3n) is 2.96. The summed E-state index contributed by atoms with van der Waals surface area (Å²) in [4.78, 5) is 0. The molecule has 4 heteroatoms. The van der Waals surface area contributed by atoms with Crippen LogP contribution in [-0.2, 0) is 15.9 Å². The summed E-state index contributed by atoms with van der Waals surface area (Å²) >= 11 is 0. The van der Waals surface area contributed by atoms with E-state index in [1.165, 1.54) is 0 Å². The molecule has 0 amide bonds. The van der Waals surface area contributed by atoms with E-state index in [1.807, 2.05) is 38.1 Å². The van der Waals surface area contributed by atoms with Crippen molar-refractivity contribution in [1.29, 1.82) is 0 Å². The first kappa shape index (κ1) is 13.3. The molecule has 1 fully saturated rings. The fourth-order valence-electron chi connectivity index (χ4n) is 2.01. The van der Waals surface area contributed by atoms with Gasteiger partial charge in [0, 0.05) is 18.8 Å². The maximum atomic E-state index is 8.84. The molecule has 2 N–H and O–H groups in total. The minimum Gasteiger partial charge on any atom is -0.396 e. The van der Waals surface area contributed by atoms with Crippen LogP contribution in [-0.4, -0.2) is 36.8 Å². The van der Waals surface area contributed by atoms with Gasteiger partial charge in [0.2, 0.25) is 0 Å². The highest BCUT2D eigenvalue weighted by Crippen LogP contribution is 2.22. The molecular formula is C14H21NO3. The van der Waals surface area contributed by atoms with Crippen molar-refractivity contribution in [2.45, 2.75) is 32.2 Å². The zero-order valence-corrected chi connectivity index (χ0v) is 11.0. The van der Waals surface area contributed by atoms with E-state index in [1.54, 1.807) is 0 Å². The van der Waals surface area contributed by atoms with Gasteiger partial charge in [-0.25, -0.2) is 0 Å². The number of anilines is 1. The lowest BCUT2D eigenvalue weighted by Gasteiger charge is -2.17. The van der Waals surface area contributed by atoms with E-state index in [9.17, 15) is 0 Å². The number of aliphatic hydroxyl groups is 1. The van der Waals surface area contributed by atoms with Crippen molar-refractivity contribution < 1.29 is 14.6 Å². The maximum Gasteiger partial charge on any atom is 0.163 e. The van der Waals surface area contributed by atoms with Gasteiger partial charge in [0.15, 0.2) is 5.79 Å². The summed E-state index contributed by atoms with van der Waals surface area (Å²) in [5.74, 6) is -0.461. The van der Waals surface area contributed by atoms with Gasteiger partial charge in [-0.15, -0.1) is 0 Å². The van der Waals surface area contributed by atoms with E-state index in [0.29, 0.717) is 13.0 Å². The molecule has 1 aromatic rings. The third kappa shape index (κ3) is 3.70. The summed E-state index contributed by atoms with van der Waals surface area (Å²) in [7, 11) is 0. The summed E-state index contributed by atoms with van der Waals surface area (Å²) in [6, 6.07) is 8.08. The Morgan fingerprint density at radius 1 is 1.33 bits per heavy atom. The van der Waals surface area contributed by atoms with Crippen LogP contribution in [0.2, 0.25) is 0 Å². The Bertz CT molecular complexity index is 375. The molecule has 0 bridgehead atoms. The zero-order valence-electron chi connectivity index (χ0n) is 11.0. The molecule has 1 aromatic carbocycles. The van der Waals surface area contributed by atoms with Crippen LogP contribution in [0.25, 0.3) is 0 Å². The Labute approximate surface area is 108 Å². The molecular weight excluding hydrogens is 230 g/mol. The van der Waals surface area contributed by atoms with Crippen molar-refractivity contribution in [2.24, 2.45) is 0 Å². The van der Waals surface area contributed by atoms with Crippen LogP contribution >= 0.6 is 0 Å². The van der Waals surface area contributed by atoms with Gasteiger partial charge in [-0.1, -0.05) is 12.1 Å². The van der Waals surface area contributed by atoms with Crippen LogP contribution in [0, 0.1) is 0 Å². The van der Waals surface area contributed by atoms with Crippen LogP contribution in [0.3, 0.4) is 0 Å². The van der Waals surface area contributed by atoms with Crippen molar-refractivity contribution in [1.82, 2.24) is 0 Å². The molecule has 2 rings (SSSR count). The highest BCUT2D eigenvalue weighted by atomic mass is 16.7. The fourth-order valence-corrected chi connectivity index (χ4v) is 2.01. The molecule has 0 aliphatic carbocycles. The number of nitrogens with one attached hydrogen (secondary N) is 1. The number of rotatable bonds is 5. The number of aliphatic hydroxyl groups excluding tert-OH is 1. The van der Waals surface area contributed by atoms with E-state index in [0.717, 1.165) is 17.8 Å². The predicted molar refractivity (Wildman–Crippen MR) is 70.6 cm³/mol. The lowest BCUT2D eigenvalue weighted by Crippen LogP contribution is -2.25. The van der Waals surface area contributed by atoms with Crippen LogP contribution in [0.4, 0.5) is 5.69 Å².